The maximum absolute atomic E-state index is 13.3. The Labute approximate surface area is 194 Å². The lowest BCUT2D eigenvalue weighted by Crippen LogP contribution is -2.31. The van der Waals surface area contributed by atoms with E-state index < -0.39 is 11.9 Å². The molecule has 8 nitrogen and oxygen atoms in total. The Kier molecular flexibility index (Phi) is 6.74. The van der Waals surface area contributed by atoms with Gasteiger partial charge in [-0.2, -0.15) is 0 Å². The van der Waals surface area contributed by atoms with E-state index in [1.807, 2.05) is 35.8 Å². The topological polar surface area (TPSA) is 116 Å². The van der Waals surface area contributed by atoms with Gasteiger partial charge in [0, 0.05) is 11.6 Å². The predicted octanol–water partition coefficient (Wildman–Crippen LogP) is 3.33. The molecule has 0 unspecified atom stereocenters. The number of nitrogens with zero attached hydrogens (tertiary/aromatic N) is 2. The van der Waals surface area contributed by atoms with E-state index >= 15 is 0 Å². The van der Waals surface area contributed by atoms with Gasteiger partial charge in [-0.25, -0.2) is 20.0 Å². The van der Waals surface area contributed by atoms with Crippen molar-refractivity contribution in [1.29, 1.82) is 0 Å². The second-order valence-electron chi connectivity index (χ2n) is 7.42. The van der Waals surface area contributed by atoms with Crippen molar-refractivity contribution in [3.63, 3.8) is 0 Å². The van der Waals surface area contributed by atoms with E-state index in [4.69, 9.17) is 15.3 Å². The number of carbonyl (C=O) groups is 2. The maximum atomic E-state index is 13.3. The zero-order valence-corrected chi connectivity index (χ0v) is 18.2. The Bertz CT molecular complexity index is 1340. The average molecular weight is 460 g/mol. The Morgan fingerprint density at radius 3 is 2.41 bits per heavy atom. The Morgan fingerprint density at radius 2 is 1.74 bits per heavy atom. The largest absolute Gasteiger partial charge is 0.484 e. The molecule has 2 aromatic carbocycles. The van der Waals surface area contributed by atoms with Crippen LogP contribution in [-0.2, 0) is 17.8 Å². The van der Waals surface area contributed by atoms with Gasteiger partial charge in [0.2, 0.25) is 0 Å². The normalized spacial score (nSPS) is 10.7. The van der Waals surface area contributed by atoms with Gasteiger partial charge in [-0.15, -0.1) is 0 Å². The highest BCUT2D eigenvalue weighted by Crippen LogP contribution is 2.31. The summed E-state index contributed by atoms with van der Waals surface area (Å²) < 4.78 is 24.1. The van der Waals surface area contributed by atoms with Crippen LogP contribution in [0.15, 0.2) is 66.9 Å². The summed E-state index contributed by atoms with van der Waals surface area (Å²) in [6, 6.07) is 17.2. The van der Waals surface area contributed by atoms with Crippen molar-refractivity contribution in [2.45, 2.75) is 13.0 Å². The molecule has 0 aliphatic heterocycles. The van der Waals surface area contributed by atoms with Crippen LogP contribution < -0.4 is 16.0 Å². The molecule has 0 atom stereocenters. The van der Waals surface area contributed by atoms with Crippen LogP contribution in [0, 0.1) is 5.82 Å². The molecule has 4 rings (SSSR count). The number of ether oxygens (including phenoxy) is 2. The highest BCUT2D eigenvalue weighted by molar-refractivity contribution is 6.08. The van der Waals surface area contributed by atoms with E-state index in [-0.39, 0.29) is 35.1 Å². The predicted molar refractivity (Wildman–Crippen MR) is 123 cm³/mol. The van der Waals surface area contributed by atoms with E-state index in [0.29, 0.717) is 11.8 Å². The number of nitrogens with two attached hydrogens (primary N) is 1. The van der Waals surface area contributed by atoms with Crippen molar-refractivity contribution in [2.75, 3.05) is 7.11 Å². The van der Waals surface area contributed by atoms with E-state index in [2.05, 4.69) is 9.97 Å². The summed E-state index contributed by atoms with van der Waals surface area (Å²) in [5.41, 5.74) is 4.47. The number of aromatic nitrogens is 2. The molecule has 0 saturated heterocycles. The number of hydrogen-bond donors (Lipinski definition) is 2. The summed E-state index contributed by atoms with van der Waals surface area (Å²) in [5.74, 6) is 3.63. The fraction of sp³-hybridized carbons (Fsp3) is 0.120. The van der Waals surface area contributed by atoms with E-state index in [1.54, 1.807) is 24.4 Å². The molecule has 1 amide bonds. The fourth-order valence-electron chi connectivity index (χ4n) is 3.48. The molecular formula is C25H21FN4O4. The van der Waals surface area contributed by atoms with Crippen LogP contribution in [0.1, 0.15) is 37.7 Å². The fourth-order valence-corrected chi connectivity index (χ4v) is 3.48. The Balaban J connectivity index is 1.84. The molecule has 4 aromatic rings. The SMILES string of the molecule is COC(=O)c1nc(C(=O)NN)c2cc(Cc3ccc(F)cc3)cnc2c1OCc1ccccc1. The lowest BCUT2D eigenvalue weighted by atomic mass is 10.0. The number of benzene rings is 2. The van der Waals surface area contributed by atoms with Crippen molar-refractivity contribution in [3.8, 4) is 5.75 Å². The number of hydrogen-bond acceptors (Lipinski definition) is 7. The van der Waals surface area contributed by atoms with E-state index in [1.165, 1.54) is 19.2 Å². The number of carbonyl (C=O) groups excluding carboxylic acids is 2. The zero-order chi connectivity index (χ0) is 24.1. The van der Waals surface area contributed by atoms with Crippen LogP contribution in [0.3, 0.4) is 0 Å². The summed E-state index contributed by atoms with van der Waals surface area (Å²) in [6.07, 6.45) is 2.04. The quantitative estimate of drug-likeness (QED) is 0.188. The molecule has 9 heteroatoms. The summed E-state index contributed by atoms with van der Waals surface area (Å²) in [7, 11) is 1.21. The van der Waals surface area contributed by atoms with Gasteiger partial charge in [-0.3, -0.25) is 15.2 Å². The van der Waals surface area contributed by atoms with Crippen molar-refractivity contribution >= 4 is 22.8 Å². The lowest BCUT2D eigenvalue weighted by Gasteiger charge is -2.15. The molecule has 0 aliphatic carbocycles. The first-order valence-electron chi connectivity index (χ1n) is 10.3. The van der Waals surface area contributed by atoms with Crippen LogP contribution in [0.2, 0.25) is 0 Å². The smallest absolute Gasteiger partial charge is 0.360 e. The molecule has 34 heavy (non-hydrogen) atoms. The number of amides is 1. The van der Waals surface area contributed by atoms with Gasteiger partial charge in [0.15, 0.2) is 11.4 Å². The molecule has 2 aromatic heterocycles. The van der Waals surface area contributed by atoms with Crippen molar-refractivity contribution in [1.82, 2.24) is 15.4 Å². The minimum Gasteiger partial charge on any atom is -0.484 e. The van der Waals surface area contributed by atoms with Crippen LogP contribution >= 0.6 is 0 Å². The third kappa shape index (κ3) is 4.84. The maximum Gasteiger partial charge on any atom is 0.360 e. The van der Waals surface area contributed by atoms with Gasteiger partial charge in [-0.1, -0.05) is 42.5 Å². The molecule has 3 N–H and O–H groups in total. The molecule has 0 saturated carbocycles. The van der Waals surface area contributed by atoms with Gasteiger partial charge >= 0.3 is 5.97 Å². The molecule has 0 spiro atoms. The van der Waals surface area contributed by atoms with Crippen LogP contribution in [0.5, 0.6) is 5.75 Å². The van der Waals surface area contributed by atoms with Crippen molar-refractivity contribution in [2.24, 2.45) is 5.84 Å². The number of hydrazine groups is 1. The molecule has 0 fully saturated rings. The summed E-state index contributed by atoms with van der Waals surface area (Å²) in [4.78, 5) is 33.8. The standard InChI is InChI=1S/C25H21FN4O4/c1-33-25(32)22-23(34-14-16-5-3-2-4-6-16)20-19(21(29-22)24(31)30-27)12-17(13-28-20)11-15-7-9-18(26)10-8-15/h2-10,12-13H,11,14,27H2,1H3,(H,30,31). The molecule has 2 heterocycles. The average Bonchev–Trinajstić information content (AvgIpc) is 2.88. The molecule has 0 radical (unpaired) electrons. The minimum atomic E-state index is -0.784. The number of halogens is 1. The first-order chi connectivity index (χ1) is 16.5. The van der Waals surface area contributed by atoms with Gasteiger partial charge in [0.05, 0.1) is 7.11 Å². The monoisotopic (exact) mass is 460 g/mol. The highest BCUT2D eigenvalue weighted by atomic mass is 19.1. The molecule has 0 aliphatic rings. The second-order valence-corrected chi connectivity index (χ2v) is 7.42. The van der Waals surface area contributed by atoms with E-state index in [0.717, 1.165) is 16.7 Å². The van der Waals surface area contributed by atoms with E-state index in [9.17, 15) is 14.0 Å². The third-order valence-electron chi connectivity index (χ3n) is 5.13. The lowest BCUT2D eigenvalue weighted by molar-refractivity contribution is 0.0588. The number of nitrogen functional groups attached to an aromatic ring is 1. The van der Waals surface area contributed by atoms with Gasteiger partial charge in [0.25, 0.3) is 5.91 Å². The first-order valence-corrected chi connectivity index (χ1v) is 10.3. The number of rotatable bonds is 7. The number of nitrogens with one attached hydrogen (secondary N) is 1. The van der Waals surface area contributed by atoms with Crippen LogP contribution in [0.25, 0.3) is 10.9 Å². The number of methoxy groups -OCH3 is 1. The molecule has 0 bridgehead atoms. The van der Waals surface area contributed by atoms with Gasteiger partial charge < -0.3 is 9.47 Å². The minimum absolute atomic E-state index is 0.0904. The second kappa shape index (κ2) is 10.1. The Morgan fingerprint density at radius 1 is 1.00 bits per heavy atom. The third-order valence-corrected chi connectivity index (χ3v) is 5.13. The van der Waals surface area contributed by atoms with Gasteiger partial charge in [0.1, 0.15) is 23.6 Å². The number of esters is 1. The van der Waals surface area contributed by atoms with Crippen LogP contribution in [-0.4, -0.2) is 29.0 Å². The summed E-state index contributed by atoms with van der Waals surface area (Å²) in [5, 5.41) is 0.346. The van der Waals surface area contributed by atoms with Crippen LogP contribution in [0.4, 0.5) is 4.39 Å². The van der Waals surface area contributed by atoms with Crippen molar-refractivity contribution < 1.29 is 23.5 Å². The highest BCUT2D eigenvalue weighted by Gasteiger charge is 2.25. The van der Waals surface area contributed by atoms with Gasteiger partial charge in [-0.05, 0) is 41.3 Å². The molecular weight excluding hydrogens is 439 g/mol. The zero-order valence-electron chi connectivity index (χ0n) is 18.2. The van der Waals surface area contributed by atoms with Crippen molar-refractivity contribution in [3.05, 3.63) is 101 Å². The first kappa shape index (κ1) is 22.8. The molecule has 172 valence electrons. The summed E-state index contributed by atoms with van der Waals surface area (Å²) in [6.45, 7) is 0.142. The Hall–Kier alpha value is -4.37. The summed E-state index contributed by atoms with van der Waals surface area (Å²) >= 11 is 0. The number of fused-ring (bicyclic) bond motifs is 1. The number of pyridine rings is 2.